The van der Waals surface area contributed by atoms with E-state index >= 15 is 0 Å². The van der Waals surface area contributed by atoms with Crippen molar-refractivity contribution < 1.29 is 36.4 Å². The lowest BCUT2D eigenvalue weighted by molar-refractivity contribution is -0.138. The van der Waals surface area contributed by atoms with Gasteiger partial charge < -0.3 is 9.64 Å². The minimum Gasteiger partial charge on any atom is -0.434 e. The SMILES string of the molecule is CONC(=O)C1CN(c2cc(F)c(N3CCCS(=O)(=O)CC3)c(F)c2)C(=O)O1. The summed E-state index contributed by atoms with van der Waals surface area (Å²) < 4.78 is 57.6. The largest absolute Gasteiger partial charge is 0.434 e. The number of nitrogens with one attached hydrogen (secondary N) is 1. The summed E-state index contributed by atoms with van der Waals surface area (Å²) in [4.78, 5) is 30.4. The van der Waals surface area contributed by atoms with Gasteiger partial charge in [-0.2, -0.15) is 0 Å². The number of benzene rings is 1. The molecule has 2 aliphatic heterocycles. The average molecular weight is 419 g/mol. The number of carbonyl (C=O) groups excluding carboxylic acids is 2. The van der Waals surface area contributed by atoms with Crippen molar-refractivity contribution in [1.29, 1.82) is 0 Å². The highest BCUT2D eigenvalue weighted by Gasteiger charge is 2.38. The van der Waals surface area contributed by atoms with E-state index in [-0.39, 0.29) is 48.9 Å². The summed E-state index contributed by atoms with van der Waals surface area (Å²) >= 11 is 0. The number of amides is 2. The Hall–Kier alpha value is -2.47. The lowest BCUT2D eigenvalue weighted by atomic mass is 10.2. The number of carbonyl (C=O) groups is 2. The Bertz CT molecular complexity index is 871. The van der Waals surface area contributed by atoms with Gasteiger partial charge in [0.25, 0.3) is 5.91 Å². The van der Waals surface area contributed by atoms with Crippen LogP contribution in [0.2, 0.25) is 0 Å². The lowest BCUT2D eigenvalue weighted by Gasteiger charge is -2.24. The number of hydroxylamine groups is 1. The smallest absolute Gasteiger partial charge is 0.415 e. The Morgan fingerprint density at radius 3 is 2.57 bits per heavy atom. The van der Waals surface area contributed by atoms with Gasteiger partial charge in [-0.1, -0.05) is 0 Å². The topological polar surface area (TPSA) is 105 Å². The van der Waals surface area contributed by atoms with Gasteiger partial charge in [0, 0.05) is 25.2 Å². The molecule has 0 aliphatic carbocycles. The van der Waals surface area contributed by atoms with E-state index in [0.29, 0.717) is 0 Å². The molecule has 0 spiro atoms. The van der Waals surface area contributed by atoms with Crippen molar-refractivity contribution >= 4 is 33.2 Å². The second-order valence-corrected chi connectivity index (χ2v) is 8.71. The van der Waals surface area contributed by atoms with E-state index < -0.39 is 39.6 Å². The van der Waals surface area contributed by atoms with Gasteiger partial charge in [-0.05, 0) is 6.42 Å². The molecule has 3 rings (SSSR count). The molecule has 154 valence electrons. The molecule has 1 unspecified atom stereocenters. The predicted molar refractivity (Wildman–Crippen MR) is 94.6 cm³/mol. The van der Waals surface area contributed by atoms with Crippen molar-refractivity contribution in [2.24, 2.45) is 0 Å². The van der Waals surface area contributed by atoms with Crippen molar-refractivity contribution in [2.45, 2.75) is 12.5 Å². The number of ether oxygens (including phenoxy) is 1. The highest BCUT2D eigenvalue weighted by Crippen LogP contribution is 2.31. The van der Waals surface area contributed by atoms with Crippen LogP contribution in [0.3, 0.4) is 0 Å². The fraction of sp³-hybridized carbons (Fsp3) is 0.500. The van der Waals surface area contributed by atoms with E-state index in [2.05, 4.69) is 4.84 Å². The maximum absolute atomic E-state index is 14.7. The molecule has 0 saturated carbocycles. The van der Waals surface area contributed by atoms with Crippen LogP contribution in [0.1, 0.15) is 6.42 Å². The zero-order valence-electron chi connectivity index (χ0n) is 15.0. The normalized spacial score (nSPS) is 22.0. The number of sulfone groups is 1. The number of nitrogens with zero attached hydrogens (tertiary/aromatic N) is 2. The van der Waals surface area contributed by atoms with E-state index in [1.54, 1.807) is 0 Å². The molecule has 2 fully saturated rings. The molecule has 28 heavy (non-hydrogen) atoms. The Labute approximate surface area is 160 Å². The minimum atomic E-state index is -3.24. The third-order valence-corrected chi connectivity index (χ3v) is 6.21. The molecular formula is C16H19F2N3O6S. The number of rotatable bonds is 4. The van der Waals surface area contributed by atoms with Gasteiger partial charge in [0.2, 0.25) is 6.10 Å². The average Bonchev–Trinajstić information content (AvgIpc) is 2.91. The summed E-state index contributed by atoms with van der Waals surface area (Å²) in [6.45, 7) is -0.0772. The zero-order valence-corrected chi connectivity index (χ0v) is 15.8. The van der Waals surface area contributed by atoms with Crippen molar-refractivity contribution in [3.63, 3.8) is 0 Å². The molecule has 2 amide bonds. The molecule has 1 aromatic rings. The second kappa shape index (κ2) is 7.87. The number of anilines is 2. The van der Waals surface area contributed by atoms with Gasteiger partial charge in [0.05, 0.1) is 30.8 Å². The van der Waals surface area contributed by atoms with Crippen molar-refractivity contribution in [1.82, 2.24) is 5.48 Å². The van der Waals surface area contributed by atoms with Crippen molar-refractivity contribution in [2.75, 3.05) is 48.0 Å². The monoisotopic (exact) mass is 419 g/mol. The first kappa shape index (κ1) is 20.3. The number of cyclic esters (lactones) is 1. The van der Waals surface area contributed by atoms with Crippen LogP contribution >= 0.6 is 0 Å². The van der Waals surface area contributed by atoms with E-state index in [0.717, 1.165) is 17.0 Å². The third kappa shape index (κ3) is 4.17. The molecular weight excluding hydrogens is 400 g/mol. The third-order valence-electron chi connectivity index (χ3n) is 4.49. The Kier molecular flexibility index (Phi) is 5.70. The summed E-state index contributed by atoms with van der Waals surface area (Å²) in [5.74, 6) is -2.81. The maximum atomic E-state index is 14.7. The van der Waals surface area contributed by atoms with E-state index in [9.17, 15) is 26.8 Å². The van der Waals surface area contributed by atoms with Gasteiger partial charge >= 0.3 is 6.09 Å². The first-order valence-corrected chi connectivity index (χ1v) is 10.3. The van der Waals surface area contributed by atoms with Crippen molar-refractivity contribution in [3.05, 3.63) is 23.8 Å². The van der Waals surface area contributed by atoms with Crippen LogP contribution in [-0.4, -0.2) is 64.8 Å². The van der Waals surface area contributed by atoms with Crippen LogP contribution in [0.15, 0.2) is 12.1 Å². The molecule has 1 aromatic carbocycles. The van der Waals surface area contributed by atoms with Gasteiger partial charge in [0.15, 0.2) is 21.5 Å². The lowest BCUT2D eigenvalue weighted by Crippen LogP contribution is -2.36. The molecule has 9 nitrogen and oxygen atoms in total. The van der Waals surface area contributed by atoms with Crippen molar-refractivity contribution in [3.8, 4) is 0 Å². The predicted octanol–water partition coefficient (Wildman–Crippen LogP) is 0.593. The van der Waals surface area contributed by atoms with Crippen LogP contribution in [0.25, 0.3) is 0 Å². The Balaban J connectivity index is 1.82. The van der Waals surface area contributed by atoms with Crippen LogP contribution in [0.4, 0.5) is 25.0 Å². The van der Waals surface area contributed by atoms with E-state index in [4.69, 9.17) is 4.74 Å². The first-order valence-electron chi connectivity index (χ1n) is 8.47. The Morgan fingerprint density at radius 1 is 1.25 bits per heavy atom. The molecule has 0 radical (unpaired) electrons. The molecule has 1 atom stereocenters. The van der Waals surface area contributed by atoms with Gasteiger partial charge in [-0.25, -0.2) is 27.5 Å². The van der Waals surface area contributed by atoms with Gasteiger partial charge in [0.1, 0.15) is 5.69 Å². The number of halogens is 2. The second-order valence-electron chi connectivity index (χ2n) is 6.40. The quantitative estimate of drug-likeness (QED) is 0.713. The molecule has 2 heterocycles. The maximum Gasteiger partial charge on any atom is 0.415 e. The fourth-order valence-corrected chi connectivity index (χ4v) is 4.42. The molecule has 0 aromatic heterocycles. The fourth-order valence-electron chi connectivity index (χ4n) is 3.15. The van der Waals surface area contributed by atoms with E-state index in [1.165, 1.54) is 12.0 Å². The minimum absolute atomic E-state index is 0.0272. The number of hydrogen-bond donors (Lipinski definition) is 1. The first-order chi connectivity index (χ1) is 13.2. The summed E-state index contributed by atoms with van der Waals surface area (Å²) in [6.07, 6.45) is -1.85. The van der Waals surface area contributed by atoms with Gasteiger partial charge in [-0.15, -0.1) is 0 Å². The molecule has 2 aliphatic rings. The van der Waals surface area contributed by atoms with Gasteiger partial charge in [-0.3, -0.25) is 14.5 Å². The number of hydrogen-bond acceptors (Lipinski definition) is 7. The standard InChI is InChI=1S/C16H19F2N3O6S/c1-26-19-15(22)13-9-21(16(23)27-13)10-7-11(17)14(12(18)8-10)20-3-2-5-28(24,25)6-4-20/h7-8,13H,2-6,9H2,1H3,(H,19,22). The van der Waals surface area contributed by atoms with Crippen LogP contribution in [0, 0.1) is 11.6 Å². The zero-order chi connectivity index (χ0) is 20.5. The summed E-state index contributed by atoms with van der Waals surface area (Å²) in [6, 6.07) is 1.91. The van der Waals surface area contributed by atoms with Crippen LogP contribution in [-0.2, 0) is 24.2 Å². The molecule has 1 N–H and O–H groups in total. The van der Waals surface area contributed by atoms with Crippen LogP contribution in [0.5, 0.6) is 0 Å². The van der Waals surface area contributed by atoms with Crippen LogP contribution < -0.4 is 15.3 Å². The summed E-state index contributed by atoms with van der Waals surface area (Å²) in [5.41, 5.74) is 1.56. The van der Waals surface area contributed by atoms with E-state index in [1.807, 2.05) is 5.48 Å². The molecule has 2 saturated heterocycles. The highest BCUT2D eigenvalue weighted by atomic mass is 32.2. The summed E-state index contributed by atoms with van der Waals surface area (Å²) in [7, 11) is -2.03. The highest BCUT2D eigenvalue weighted by molar-refractivity contribution is 7.91. The summed E-state index contributed by atoms with van der Waals surface area (Å²) in [5, 5.41) is 0. The Morgan fingerprint density at radius 2 is 1.93 bits per heavy atom. The molecule has 0 bridgehead atoms. The molecule has 12 heteroatoms.